The monoisotopic (exact) mass is 306 g/mol. The van der Waals surface area contributed by atoms with E-state index in [1.165, 1.54) is 17.8 Å². The number of aromatic nitrogens is 1. The third kappa shape index (κ3) is 4.02. The number of aromatic carboxylic acids is 1. The van der Waals surface area contributed by atoms with Crippen LogP contribution in [-0.2, 0) is 6.42 Å². The maximum absolute atomic E-state index is 11.4. The Morgan fingerprint density at radius 2 is 2.05 bits per heavy atom. The van der Waals surface area contributed by atoms with Gasteiger partial charge in [0.1, 0.15) is 4.88 Å². The highest BCUT2D eigenvalue weighted by atomic mass is 32.1. The molecule has 1 aromatic rings. The highest BCUT2D eigenvalue weighted by Gasteiger charge is 2.28. The fourth-order valence-corrected chi connectivity index (χ4v) is 3.45. The predicted octanol–water partition coefficient (Wildman–Crippen LogP) is 3.33. The molecule has 0 aliphatic heterocycles. The van der Waals surface area contributed by atoms with Crippen molar-refractivity contribution in [2.45, 2.75) is 31.6 Å². The molecule has 0 amide bonds. The minimum atomic E-state index is -0.838. The molecule has 114 valence electrons. The first kappa shape index (κ1) is 15.9. The van der Waals surface area contributed by atoms with Gasteiger partial charge in [0.15, 0.2) is 0 Å². The lowest BCUT2D eigenvalue weighted by Crippen LogP contribution is -2.26. The van der Waals surface area contributed by atoms with Crippen LogP contribution in [0.25, 0.3) is 0 Å². The zero-order valence-electron chi connectivity index (χ0n) is 12.3. The summed E-state index contributed by atoms with van der Waals surface area (Å²) in [5.74, 6) is -0.478. The van der Waals surface area contributed by atoms with Crippen LogP contribution in [0.4, 0.5) is 0 Å². The summed E-state index contributed by atoms with van der Waals surface area (Å²) in [6, 6.07) is 0. The number of carbonyl (C=O) groups is 1. The molecule has 1 aliphatic rings. The summed E-state index contributed by atoms with van der Waals surface area (Å²) in [5, 5.41) is 10.3. The van der Waals surface area contributed by atoms with E-state index in [-0.39, 0.29) is 0 Å². The average Bonchev–Trinajstić information content (AvgIpc) is 2.78. The number of thiazole rings is 1. The number of rotatable bonds is 9. The van der Waals surface area contributed by atoms with Gasteiger partial charge >= 0.3 is 5.97 Å². The Kier molecular flexibility index (Phi) is 5.70. The lowest BCUT2D eigenvalue weighted by Gasteiger charge is -2.23. The summed E-state index contributed by atoms with van der Waals surface area (Å²) in [6.45, 7) is 9.96. The van der Waals surface area contributed by atoms with E-state index >= 15 is 0 Å². The molecule has 0 unspecified atom stereocenters. The first-order chi connectivity index (χ1) is 10.2. The van der Waals surface area contributed by atoms with E-state index in [0.717, 1.165) is 49.6 Å². The van der Waals surface area contributed by atoms with Crippen LogP contribution in [0.15, 0.2) is 25.3 Å². The van der Waals surface area contributed by atoms with Crippen molar-refractivity contribution in [3.63, 3.8) is 0 Å². The molecule has 1 aliphatic carbocycles. The Hall–Kier alpha value is -1.46. The maximum atomic E-state index is 11.4. The smallest absolute Gasteiger partial charge is 0.347 e. The van der Waals surface area contributed by atoms with E-state index in [1.807, 2.05) is 12.2 Å². The van der Waals surface area contributed by atoms with Gasteiger partial charge in [-0.15, -0.1) is 24.5 Å². The molecule has 0 spiro atoms. The highest BCUT2D eigenvalue weighted by Crippen LogP contribution is 2.39. The van der Waals surface area contributed by atoms with Gasteiger partial charge in [-0.05, 0) is 12.8 Å². The van der Waals surface area contributed by atoms with Gasteiger partial charge in [0.05, 0.1) is 10.7 Å². The van der Waals surface area contributed by atoms with Crippen LogP contribution >= 0.6 is 11.3 Å². The van der Waals surface area contributed by atoms with Gasteiger partial charge in [0, 0.05) is 32.0 Å². The van der Waals surface area contributed by atoms with E-state index in [4.69, 9.17) is 0 Å². The van der Waals surface area contributed by atoms with Crippen molar-refractivity contribution in [2.75, 3.05) is 19.6 Å². The largest absolute Gasteiger partial charge is 0.477 e. The molecule has 2 rings (SSSR count). The third-order valence-corrected chi connectivity index (χ3v) is 4.92. The van der Waals surface area contributed by atoms with Gasteiger partial charge in [0.25, 0.3) is 0 Å². The molecule has 0 atom stereocenters. The first-order valence-corrected chi connectivity index (χ1v) is 8.14. The Bertz CT molecular complexity index is 510. The second-order valence-corrected chi connectivity index (χ2v) is 6.43. The molecule has 1 fully saturated rings. The van der Waals surface area contributed by atoms with Gasteiger partial charge < -0.3 is 5.11 Å². The van der Waals surface area contributed by atoms with Crippen molar-refractivity contribution in [3.05, 3.63) is 40.9 Å². The Morgan fingerprint density at radius 3 is 2.52 bits per heavy atom. The fourth-order valence-electron chi connectivity index (χ4n) is 2.47. The molecule has 0 aromatic carbocycles. The Labute approximate surface area is 129 Å². The lowest BCUT2D eigenvalue weighted by molar-refractivity contribution is 0.0699. The summed E-state index contributed by atoms with van der Waals surface area (Å²) in [6.07, 6.45) is 7.84. The van der Waals surface area contributed by atoms with Crippen molar-refractivity contribution in [2.24, 2.45) is 0 Å². The molecule has 0 radical (unpaired) electrons. The number of carboxylic acid groups (broad SMARTS) is 1. The van der Waals surface area contributed by atoms with Crippen molar-refractivity contribution in [1.82, 2.24) is 9.88 Å². The molecule has 1 heterocycles. The van der Waals surface area contributed by atoms with Crippen molar-refractivity contribution in [1.29, 1.82) is 0 Å². The fraction of sp³-hybridized carbons (Fsp3) is 0.500. The van der Waals surface area contributed by atoms with Gasteiger partial charge in [-0.25, -0.2) is 9.78 Å². The summed E-state index contributed by atoms with van der Waals surface area (Å²) < 4.78 is 0. The van der Waals surface area contributed by atoms with Gasteiger partial charge in [-0.2, -0.15) is 0 Å². The second kappa shape index (κ2) is 7.52. The number of nitrogens with zero attached hydrogens (tertiary/aromatic N) is 2. The van der Waals surface area contributed by atoms with Crippen LogP contribution in [0.1, 0.15) is 45.6 Å². The van der Waals surface area contributed by atoms with E-state index in [1.54, 1.807) is 0 Å². The molecular weight excluding hydrogens is 284 g/mol. The zero-order chi connectivity index (χ0) is 15.2. The molecule has 1 saturated carbocycles. The highest BCUT2D eigenvalue weighted by molar-refractivity contribution is 7.13. The van der Waals surface area contributed by atoms with Crippen molar-refractivity contribution < 1.29 is 9.90 Å². The second-order valence-electron chi connectivity index (χ2n) is 5.34. The number of hydrogen-bond acceptors (Lipinski definition) is 4. The Balaban J connectivity index is 2.04. The quantitative estimate of drug-likeness (QED) is 0.711. The van der Waals surface area contributed by atoms with Crippen molar-refractivity contribution in [3.8, 4) is 0 Å². The zero-order valence-corrected chi connectivity index (χ0v) is 13.1. The first-order valence-electron chi connectivity index (χ1n) is 7.32. The van der Waals surface area contributed by atoms with Gasteiger partial charge in [0.2, 0.25) is 0 Å². The van der Waals surface area contributed by atoms with Gasteiger partial charge in [-0.3, -0.25) is 4.90 Å². The maximum Gasteiger partial charge on any atom is 0.347 e. The van der Waals surface area contributed by atoms with Gasteiger partial charge in [-0.1, -0.05) is 18.6 Å². The molecule has 0 saturated heterocycles. The molecule has 4 nitrogen and oxygen atoms in total. The molecule has 1 N–H and O–H groups in total. The Morgan fingerprint density at radius 1 is 1.38 bits per heavy atom. The number of carboxylic acids is 1. The summed E-state index contributed by atoms with van der Waals surface area (Å²) >= 11 is 1.33. The summed E-state index contributed by atoms with van der Waals surface area (Å²) in [7, 11) is 0. The third-order valence-electron chi connectivity index (χ3n) is 3.80. The molecule has 1 aromatic heterocycles. The minimum Gasteiger partial charge on any atom is -0.477 e. The lowest BCUT2D eigenvalue weighted by atomic mass is 9.82. The van der Waals surface area contributed by atoms with E-state index < -0.39 is 5.97 Å². The van der Waals surface area contributed by atoms with E-state index in [9.17, 15) is 9.90 Å². The van der Waals surface area contributed by atoms with Crippen LogP contribution in [-0.4, -0.2) is 40.6 Å². The van der Waals surface area contributed by atoms with Crippen LogP contribution in [0.5, 0.6) is 0 Å². The SMILES string of the molecule is C=CCN(CC=C)CCc1nc(C2CCC2)c(C(=O)O)s1. The van der Waals surface area contributed by atoms with Crippen molar-refractivity contribution >= 4 is 17.3 Å². The summed E-state index contributed by atoms with van der Waals surface area (Å²) in [4.78, 5) is 18.6. The topological polar surface area (TPSA) is 53.4 Å². The van der Waals surface area contributed by atoms with E-state index in [2.05, 4.69) is 23.0 Å². The van der Waals surface area contributed by atoms with Crippen LogP contribution in [0.3, 0.4) is 0 Å². The normalized spacial score (nSPS) is 14.9. The predicted molar refractivity (Wildman–Crippen MR) is 86.2 cm³/mol. The standard InChI is InChI=1S/C16H22N2O2S/c1-3-9-18(10-4-2)11-8-13-17-14(12-6-5-7-12)15(21-13)16(19)20/h3-4,12H,1-2,5-11H2,(H,19,20). The van der Waals surface area contributed by atoms with Crippen LogP contribution in [0.2, 0.25) is 0 Å². The van der Waals surface area contributed by atoms with Crippen LogP contribution in [0, 0.1) is 0 Å². The average molecular weight is 306 g/mol. The van der Waals surface area contributed by atoms with Crippen LogP contribution < -0.4 is 0 Å². The number of hydrogen-bond donors (Lipinski definition) is 1. The minimum absolute atomic E-state index is 0.360. The van der Waals surface area contributed by atoms with E-state index in [0.29, 0.717) is 10.8 Å². The molecular formula is C16H22N2O2S. The summed E-state index contributed by atoms with van der Waals surface area (Å²) in [5.41, 5.74) is 0.813. The molecule has 5 heteroatoms. The molecule has 21 heavy (non-hydrogen) atoms. The molecule has 0 bridgehead atoms.